The number of halogens is 4. The standard InChI is InChI=1S/C10H14ClF3N2O/c1-2-3-17-9-5-8(16-15)6(4-7(9)11)10(12,13)14/h1,6-9,16H,3-5,15H2. The molecule has 4 unspecified atom stereocenters. The Morgan fingerprint density at radius 3 is 2.59 bits per heavy atom. The van der Waals surface area contributed by atoms with Gasteiger partial charge in [0.1, 0.15) is 6.61 Å². The number of hydrogen-bond acceptors (Lipinski definition) is 3. The molecule has 4 atom stereocenters. The third kappa shape index (κ3) is 3.75. The summed E-state index contributed by atoms with van der Waals surface area (Å²) in [7, 11) is 0. The summed E-state index contributed by atoms with van der Waals surface area (Å²) in [5, 5.41) is -0.709. The lowest BCUT2D eigenvalue weighted by molar-refractivity contribution is -0.194. The summed E-state index contributed by atoms with van der Waals surface area (Å²) in [6.45, 7) is 0.0296. The van der Waals surface area contributed by atoms with E-state index in [4.69, 9.17) is 28.6 Å². The average molecular weight is 271 g/mol. The van der Waals surface area contributed by atoms with Crippen LogP contribution in [0.4, 0.5) is 13.2 Å². The van der Waals surface area contributed by atoms with Crippen LogP contribution < -0.4 is 11.3 Å². The Labute approximate surface area is 103 Å². The van der Waals surface area contributed by atoms with Crippen LogP contribution in [0.15, 0.2) is 0 Å². The van der Waals surface area contributed by atoms with Gasteiger partial charge in [-0.15, -0.1) is 18.0 Å². The van der Waals surface area contributed by atoms with Gasteiger partial charge in [-0.05, 0) is 12.8 Å². The number of terminal acetylenes is 1. The van der Waals surface area contributed by atoms with E-state index >= 15 is 0 Å². The van der Waals surface area contributed by atoms with Crippen LogP contribution in [0.3, 0.4) is 0 Å². The highest BCUT2D eigenvalue weighted by atomic mass is 35.5. The Kier molecular flexibility index (Phi) is 5.07. The minimum atomic E-state index is -4.32. The van der Waals surface area contributed by atoms with Crippen LogP contribution in [0.1, 0.15) is 12.8 Å². The van der Waals surface area contributed by atoms with Gasteiger partial charge in [-0.2, -0.15) is 13.2 Å². The van der Waals surface area contributed by atoms with Crippen LogP contribution >= 0.6 is 11.6 Å². The summed E-state index contributed by atoms with van der Waals surface area (Å²) >= 11 is 5.88. The van der Waals surface area contributed by atoms with Crippen LogP contribution in [0.5, 0.6) is 0 Å². The van der Waals surface area contributed by atoms with Crippen molar-refractivity contribution in [3.8, 4) is 12.3 Å². The first-order valence-corrected chi connectivity index (χ1v) is 5.55. The first-order valence-electron chi connectivity index (χ1n) is 5.12. The summed E-state index contributed by atoms with van der Waals surface area (Å²) in [4.78, 5) is 0. The van der Waals surface area contributed by atoms with Crippen LogP contribution in [0.2, 0.25) is 0 Å². The summed E-state index contributed by atoms with van der Waals surface area (Å²) < 4.78 is 43.3. The molecule has 1 aliphatic rings. The second-order valence-corrected chi connectivity index (χ2v) is 4.52. The zero-order valence-corrected chi connectivity index (χ0v) is 9.76. The van der Waals surface area contributed by atoms with Crippen molar-refractivity contribution in [3.05, 3.63) is 0 Å². The predicted molar refractivity (Wildman–Crippen MR) is 58.1 cm³/mol. The van der Waals surface area contributed by atoms with Gasteiger partial charge in [0.15, 0.2) is 0 Å². The molecule has 1 rings (SSSR count). The SMILES string of the molecule is C#CCOC1CC(NN)C(C(F)(F)F)CC1Cl. The zero-order valence-electron chi connectivity index (χ0n) is 9.01. The maximum absolute atomic E-state index is 12.7. The lowest BCUT2D eigenvalue weighted by Gasteiger charge is -2.39. The van der Waals surface area contributed by atoms with E-state index < -0.39 is 29.6 Å². The number of nitrogens with two attached hydrogens (primary N) is 1. The Morgan fingerprint density at radius 2 is 2.12 bits per heavy atom. The number of hydrogen-bond donors (Lipinski definition) is 2. The molecule has 98 valence electrons. The summed E-state index contributed by atoms with van der Waals surface area (Å²) in [5.74, 6) is 5.84. The Bertz CT molecular complexity index is 292. The van der Waals surface area contributed by atoms with Crippen molar-refractivity contribution in [2.24, 2.45) is 11.8 Å². The van der Waals surface area contributed by atoms with Crippen molar-refractivity contribution in [1.29, 1.82) is 0 Å². The second kappa shape index (κ2) is 5.91. The smallest absolute Gasteiger partial charge is 0.364 e. The van der Waals surface area contributed by atoms with Crippen molar-refractivity contribution in [2.75, 3.05) is 6.61 Å². The summed E-state index contributed by atoms with van der Waals surface area (Å²) in [6.07, 6.45) is 0.0579. The predicted octanol–water partition coefficient (Wildman–Crippen LogP) is 1.42. The highest BCUT2D eigenvalue weighted by molar-refractivity contribution is 6.21. The summed E-state index contributed by atoms with van der Waals surface area (Å²) in [6, 6.07) is -0.896. The number of ether oxygens (including phenoxy) is 1. The molecule has 0 spiro atoms. The molecule has 3 nitrogen and oxygen atoms in total. The molecule has 1 saturated carbocycles. The zero-order chi connectivity index (χ0) is 13.1. The fourth-order valence-electron chi connectivity index (χ4n) is 1.99. The van der Waals surface area contributed by atoms with Gasteiger partial charge in [0.25, 0.3) is 0 Å². The van der Waals surface area contributed by atoms with Crippen LogP contribution in [0.25, 0.3) is 0 Å². The molecule has 0 bridgehead atoms. The van der Waals surface area contributed by atoms with Gasteiger partial charge in [-0.1, -0.05) is 5.92 Å². The maximum atomic E-state index is 12.7. The number of hydrazine groups is 1. The van der Waals surface area contributed by atoms with Gasteiger partial charge in [0.2, 0.25) is 0 Å². The van der Waals surface area contributed by atoms with E-state index in [1.54, 1.807) is 0 Å². The molecule has 0 amide bonds. The van der Waals surface area contributed by atoms with Gasteiger partial charge in [0.05, 0.1) is 17.4 Å². The van der Waals surface area contributed by atoms with Crippen molar-refractivity contribution in [2.45, 2.75) is 36.5 Å². The molecule has 17 heavy (non-hydrogen) atoms. The highest BCUT2D eigenvalue weighted by Crippen LogP contribution is 2.40. The molecule has 0 heterocycles. The molecule has 7 heteroatoms. The lowest BCUT2D eigenvalue weighted by Crippen LogP contribution is -2.54. The monoisotopic (exact) mass is 270 g/mol. The quantitative estimate of drug-likeness (QED) is 0.353. The van der Waals surface area contributed by atoms with Crippen LogP contribution in [-0.2, 0) is 4.74 Å². The molecule has 0 aromatic heterocycles. The number of nitrogens with one attached hydrogen (secondary N) is 1. The van der Waals surface area contributed by atoms with Crippen molar-refractivity contribution in [1.82, 2.24) is 5.43 Å². The van der Waals surface area contributed by atoms with E-state index in [1.165, 1.54) is 0 Å². The van der Waals surface area contributed by atoms with Crippen molar-refractivity contribution >= 4 is 11.6 Å². The van der Waals surface area contributed by atoms with Gasteiger partial charge in [-0.25, -0.2) is 0 Å². The fourth-order valence-corrected chi connectivity index (χ4v) is 2.36. The average Bonchev–Trinajstić information content (AvgIpc) is 2.25. The van der Waals surface area contributed by atoms with E-state index in [1.807, 2.05) is 0 Å². The molecule has 0 saturated heterocycles. The Balaban J connectivity index is 2.69. The van der Waals surface area contributed by atoms with Crippen molar-refractivity contribution in [3.63, 3.8) is 0 Å². The molecule has 0 aromatic carbocycles. The first kappa shape index (κ1) is 14.6. The van der Waals surface area contributed by atoms with E-state index in [-0.39, 0.29) is 19.4 Å². The van der Waals surface area contributed by atoms with E-state index in [9.17, 15) is 13.2 Å². The third-order valence-corrected chi connectivity index (χ3v) is 3.33. The van der Waals surface area contributed by atoms with Crippen LogP contribution in [-0.4, -0.2) is 30.3 Å². The lowest BCUT2D eigenvalue weighted by atomic mass is 9.82. The minimum absolute atomic E-state index is 0.0296. The Hall–Kier alpha value is -0.480. The second-order valence-electron chi connectivity index (χ2n) is 3.96. The third-order valence-electron chi connectivity index (χ3n) is 2.87. The normalized spacial score (nSPS) is 34.4. The topological polar surface area (TPSA) is 47.3 Å². The Morgan fingerprint density at radius 1 is 1.47 bits per heavy atom. The van der Waals surface area contributed by atoms with Gasteiger partial charge in [0, 0.05) is 6.04 Å². The molecule has 0 radical (unpaired) electrons. The molecular formula is C10H14ClF3N2O. The maximum Gasteiger partial charge on any atom is 0.393 e. The summed E-state index contributed by atoms with van der Waals surface area (Å²) in [5.41, 5.74) is 2.18. The fraction of sp³-hybridized carbons (Fsp3) is 0.800. The first-order chi connectivity index (χ1) is 7.90. The molecule has 3 N–H and O–H groups in total. The van der Waals surface area contributed by atoms with E-state index in [0.717, 1.165) is 0 Å². The molecule has 0 aromatic rings. The molecular weight excluding hydrogens is 257 g/mol. The number of rotatable bonds is 3. The largest absolute Gasteiger partial charge is 0.393 e. The molecule has 0 aliphatic heterocycles. The minimum Gasteiger partial charge on any atom is -0.364 e. The number of alkyl halides is 4. The van der Waals surface area contributed by atoms with E-state index in [2.05, 4.69) is 11.3 Å². The van der Waals surface area contributed by atoms with E-state index in [0.29, 0.717) is 0 Å². The molecule has 1 aliphatic carbocycles. The van der Waals surface area contributed by atoms with Crippen molar-refractivity contribution < 1.29 is 17.9 Å². The van der Waals surface area contributed by atoms with Gasteiger partial charge in [-0.3, -0.25) is 11.3 Å². The van der Waals surface area contributed by atoms with Crippen LogP contribution in [0, 0.1) is 18.3 Å². The van der Waals surface area contributed by atoms with Gasteiger partial charge >= 0.3 is 6.18 Å². The highest BCUT2D eigenvalue weighted by Gasteiger charge is 2.50. The molecule has 1 fully saturated rings. The van der Waals surface area contributed by atoms with Gasteiger partial charge < -0.3 is 4.74 Å².